The summed E-state index contributed by atoms with van der Waals surface area (Å²) in [5, 5.41) is 0. The molecule has 0 aliphatic rings. The Labute approximate surface area is 108 Å². The van der Waals surface area contributed by atoms with E-state index in [1.807, 2.05) is 0 Å². The molecule has 100 valence electrons. The van der Waals surface area contributed by atoms with E-state index in [4.69, 9.17) is 4.74 Å². The second-order valence-electron chi connectivity index (χ2n) is 3.99. The molecule has 0 amide bonds. The second kappa shape index (κ2) is 6.54. The average molecular weight is 270 g/mol. The fraction of sp³-hybridized carbons (Fsp3) is 0.462. The minimum atomic E-state index is -2.98. The molecule has 0 saturated carbocycles. The van der Waals surface area contributed by atoms with Gasteiger partial charge in [-0.15, -0.1) is 0 Å². The van der Waals surface area contributed by atoms with Gasteiger partial charge in [-0.05, 0) is 30.7 Å². The molecule has 1 aromatic rings. The van der Waals surface area contributed by atoms with E-state index in [-0.39, 0.29) is 23.7 Å². The van der Waals surface area contributed by atoms with Gasteiger partial charge in [0.25, 0.3) is 0 Å². The number of methoxy groups -OCH3 is 1. The lowest BCUT2D eigenvalue weighted by atomic mass is 10.1. The molecular weight excluding hydrogens is 252 g/mol. The van der Waals surface area contributed by atoms with Gasteiger partial charge in [-0.2, -0.15) is 0 Å². The molecule has 0 fully saturated rings. The lowest BCUT2D eigenvalue weighted by molar-refractivity contribution is 0.0982. The lowest BCUT2D eigenvalue weighted by Gasteiger charge is -2.03. The van der Waals surface area contributed by atoms with Crippen LogP contribution in [0.15, 0.2) is 24.3 Å². The summed E-state index contributed by atoms with van der Waals surface area (Å²) in [6.45, 7) is 1.61. The minimum Gasteiger partial charge on any atom is -0.497 e. The van der Waals surface area contributed by atoms with Gasteiger partial charge in [0.1, 0.15) is 15.6 Å². The van der Waals surface area contributed by atoms with Crippen LogP contribution in [0.25, 0.3) is 0 Å². The van der Waals surface area contributed by atoms with Crippen LogP contribution in [0.3, 0.4) is 0 Å². The number of ketones is 1. The smallest absolute Gasteiger partial charge is 0.162 e. The van der Waals surface area contributed by atoms with E-state index in [9.17, 15) is 13.2 Å². The Hall–Kier alpha value is -1.36. The van der Waals surface area contributed by atoms with Crippen LogP contribution >= 0.6 is 0 Å². The van der Waals surface area contributed by atoms with Crippen molar-refractivity contribution >= 4 is 15.6 Å². The minimum absolute atomic E-state index is 0.0380. The van der Waals surface area contributed by atoms with Crippen LogP contribution in [-0.2, 0) is 9.84 Å². The average Bonchev–Trinajstić information content (AvgIpc) is 2.38. The Morgan fingerprint density at radius 3 is 2.33 bits per heavy atom. The van der Waals surface area contributed by atoms with Crippen LogP contribution < -0.4 is 4.74 Å². The van der Waals surface area contributed by atoms with Crippen LogP contribution in [0.4, 0.5) is 0 Å². The van der Waals surface area contributed by atoms with Crippen molar-refractivity contribution in [3.05, 3.63) is 29.8 Å². The first-order chi connectivity index (χ1) is 8.48. The molecule has 0 aromatic heterocycles. The molecule has 0 aliphatic heterocycles. The van der Waals surface area contributed by atoms with Gasteiger partial charge in [0.2, 0.25) is 0 Å². The summed E-state index contributed by atoms with van der Waals surface area (Å²) in [7, 11) is -1.42. The molecule has 0 N–H and O–H groups in total. The first-order valence-corrected chi connectivity index (χ1v) is 7.68. The quantitative estimate of drug-likeness (QED) is 0.712. The van der Waals surface area contributed by atoms with E-state index >= 15 is 0 Å². The maximum absolute atomic E-state index is 11.8. The fourth-order valence-electron chi connectivity index (χ4n) is 1.52. The van der Waals surface area contributed by atoms with E-state index in [1.54, 1.807) is 38.3 Å². The highest BCUT2D eigenvalue weighted by atomic mass is 32.2. The summed E-state index contributed by atoms with van der Waals surface area (Å²) in [6.07, 6.45) is 0.632. The van der Waals surface area contributed by atoms with E-state index < -0.39 is 9.84 Å². The van der Waals surface area contributed by atoms with Gasteiger partial charge in [0.05, 0.1) is 12.9 Å². The van der Waals surface area contributed by atoms with Crippen molar-refractivity contribution in [2.24, 2.45) is 0 Å². The second-order valence-corrected chi connectivity index (χ2v) is 6.46. The van der Waals surface area contributed by atoms with Crippen molar-refractivity contribution in [2.45, 2.75) is 19.8 Å². The zero-order valence-electron chi connectivity index (χ0n) is 10.7. The van der Waals surface area contributed by atoms with Crippen molar-refractivity contribution in [3.8, 4) is 5.75 Å². The fourth-order valence-corrected chi connectivity index (χ4v) is 2.39. The largest absolute Gasteiger partial charge is 0.497 e. The number of Topliss-reactive ketones (excluding diaryl/α,β-unsaturated/α-hetero) is 1. The standard InChI is InChI=1S/C13H18O4S/c1-3-18(15,16)10-4-5-13(14)11-6-8-12(17-2)9-7-11/h6-9H,3-5,10H2,1-2H3. The molecule has 0 saturated heterocycles. The van der Waals surface area contributed by atoms with E-state index in [2.05, 4.69) is 0 Å². The zero-order valence-corrected chi connectivity index (χ0v) is 11.5. The Morgan fingerprint density at radius 1 is 1.22 bits per heavy atom. The van der Waals surface area contributed by atoms with Crippen molar-refractivity contribution in [1.82, 2.24) is 0 Å². The normalized spacial score (nSPS) is 11.2. The molecule has 0 atom stereocenters. The van der Waals surface area contributed by atoms with Crippen molar-refractivity contribution in [2.75, 3.05) is 18.6 Å². The maximum Gasteiger partial charge on any atom is 0.162 e. The van der Waals surface area contributed by atoms with E-state index in [0.717, 1.165) is 0 Å². The van der Waals surface area contributed by atoms with Gasteiger partial charge in [0.15, 0.2) is 5.78 Å². The van der Waals surface area contributed by atoms with Crippen molar-refractivity contribution in [3.63, 3.8) is 0 Å². The van der Waals surface area contributed by atoms with E-state index in [0.29, 0.717) is 17.7 Å². The molecule has 0 heterocycles. The highest BCUT2D eigenvalue weighted by Crippen LogP contribution is 2.13. The third-order valence-corrected chi connectivity index (χ3v) is 4.50. The molecule has 0 bridgehead atoms. The Kier molecular flexibility index (Phi) is 5.34. The topological polar surface area (TPSA) is 60.4 Å². The zero-order chi connectivity index (χ0) is 13.6. The predicted molar refractivity (Wildman–Crippen MR) is 70.9 cm³/mol. The Morgan fingerprint density at radius 2 is 1.83 bits per heavy atom. The monoisotopic (exact) mass is 270 g/mol. The molecule has 0 spiro atoms. The Bertz CT molecular complexity index is 488. The van der Waals surface area contributed by atoms with Gasteiger partial charge in [-0.1, -0.05) is 6.92 Å². The van der Waals surface area contributed by atoms with Gasteiger partial charge in [-0.25, -0.2) is 8.42 Å². The number of hydrogen-bond acceptors (Lipinski definition) is 4. The lowest BCUT2D eigenvalue weighted by Crippen LogP contribution is -2.10. The molecule has 4 nitrogen and oxygen atoms in total. The summed E-state index contributed by atoms with van der Waals surface area (Å²) < 4.78 is 27.5. The van der Waals surface area contributed by atoms with Crippen LogP contribution in [0, 0.1) is 0 Å². The third kappa shape index (κ3) is 4.49. The summed E-state index contributed by atoms with van der Waals surface area (Å²) in [5.41, 5.74) is 0.588. The highest BCUT2D eigenvalue weighted by molar-refractivity contribution is 7.91. The summed E-state index contributed by atoms with van der Waals surface area (Å²) in [5.74, 6) is 0.860. The molecule has 18 heavy (non-hydrogen) atoms. The van der Waals surface area contributed by atoms with Crippen LogP contribution in [-0.4, -0.2) is 32.8 Å². The molecule has 0 radical (unpaired) electrons. The van der Waals surface area contributed by atoms with Crippen LogP contribution in [0.5, 0.6) is 5.75 Å². The summed E-state index contributed by atoms with van der Waals surface area (Å²) >= 11 is 0. The summed E-state index contributed by atoms with van der Waals surface area (Å²) in [6, 6.07) is 6.82. The number of sulfone groups is 1. The first kappa shape index (κ1) is 14.7. The van der Waals surface area contributed by atoms with Crippen molar-refractivity contribution < 1.29 is 17.9 Å². The van der Waals surface area contributed by atoms with Gasteiger partial charge >= 0.3 is 0 Å². The maximum atomic E-state index is 11.8. The number of hydrogen-bond donors (Lipinski definition) is 0. The molecular formula is C13H18O4S. The number of rotatable bonds is 7. The molecule has 0 unspecified atom stereocenters. The van der Waals surface area contributed by atoms with Gasteiger partial charge in [-0.3, -0.25) is 4.79 Å². The SMILES string of the molecule is CCS(=O)(=O)CCCC(=O)c1ccc(OC)cc1. The Balaban J connectivity index is 2.50. The van der Waals surface area contributed by atoms with Gasteiger partial charge in [0, 0.05) is 17.7 Å². The highest BCUT2D eigenvalue weighted by Gasteiger charge is 2.10. The first-order valence-electron chi connectivity index (χ1n) is 5.86. The summed E-state index contributed by atoms with van der Waals surface area (Å²) in [4.78, 5) is 11.8. The number of ether oxygens (including phenoxy) is 1. The number of benzene rings is 1. The molecule has 5 heteroatoms. The van der Waals surface area contributed by atoms with Crippen molar-refractivity contribution in [1.29, 1.82) is 0 Å². The van der Waals surface area contributed by atoms with E-state index in [1.165, 1.54) is 0 Å². The molecule has 1 rings (SSSR count). The molecule has 0 aliphatic carbocycles. The van der Waals surface area contributed by atoms with Crippen LogP contribution in [0.2, 0.25) is 0 Å². The third-order valence-electron chi connectivity index (χ3n) is 2.71. The predicted octanol–water partition coefficient (Wildman–Crippen LogP) is 2.09. The molecule has 1 aromatic carbocycles. The number of carbonyl (C=O) groups excluding carboxylic acids is 1. The van der Waals surface area contributed by atoms with Gasteiger partial charge < -0.3 is 4.74 Å². The number of carbonyl (C=O) groups is 1. The van der Waals surface area contributed by atoms with Crippen LogP contribution in [0.1, 0.15) is 30.1 Å².